The molecule has 1 saturated carbocycles. The van der Waals surface area contributed by atoms with E-state index in [0.717, 1.165) is 18.4 Å². The van der Waals surface area contributed by atoms with Gasteiger partial charge in [0, 0.05) is 25.6 Å². The van der Waals surface area contributed by atoms with Gasteiger partial charge in [-0.25, -0.2) is 0 Å². The van der Waals surface area contributed by atoms with Crippen LogP contribution in [0.4, 0.5) is 0 Å². The molecule has 3 heteroatoms. The number of hydrogen-bond donors (Lipinski definition) is 1. The van der Waals surface area contributed by atoms with E-state index in [0.29, 0.717) is 10.9 Å². The zero-order chi connectivity index (χ0) is 10.1. The molecule has 0 bridgehead atoms. The molecule has 1 heterocycles. The largest absolute Gasteiger partial charge is 0.393 e. The summed E-state index contributed by atoms with van der Waals surface area (Å²) in [4.78, 5) is 3.22. The van der Waals surface area contributed by atoms with Crippen molar-refractivity contribution in [2.75, 3.05) is 19.6 Å². The smallest absolute Gasteiger partial charge is 0.0768 e. The van der Waals surface area contributed by atoms with Crippen LogP contribution in [0.3, 0.4) is 0 Å². The molecule has 0 amide bonds. The van der Waals surface area contributed by atoms with E-state index in [1.165, 1.54) is 32.4 Å². The minimum absolute atomic E-state index is 0.379. The topological polar surface area (TPSA) is 29.3 Å². The fraction of sp³-hybridized carbons (Fsp3) is 0.909. The quantitative estimate of drug-likeness (QED) is 0.721. The van der Waals surface area contributed by atoms with Gasteiger partial charge in [0.15, 0.2) is 0 Å². The lowest BCUT2D eigenvalue weighted by molar-refractivity contribution is 0.294. The van der Waals surface area contributed by atoms with E-state index in [1.54, 1.807) is 0 Å². The van der Waals surface area contributed by atoms with Gasteiger partial charge >= 0.3 is 0 Å². The van der Waals surface area contributed by atoms with Gasteiger partial charge in [0.1, 0.15) is 0 Å². The Hall–Kier alpha value is -0.150. The fourth-order valence-corrected chi connectivity index (χ4v) is 3.03. The van der Waals surface area contributed by atoms with Crippen molar-refractivity contribution in [1.29, 1.82) is 0 Å². The van der Waals surface area contributed by atoms with Gasteiger partial charge in [0.2, 0.25) is 0 Å². The first-order valence-corrected chi connectivity index (χ1v) is 6.09. The summed E-state index contributed by atoms with van der Waals surface area (Å²) < 4.78 is 0. The van der Waals surface area contributed by atoms with E-state index in [9.17, 15) is 0 Å². The number of nitrogens with two attached hydrogens (primary N) is 1. The molecule has 2 rings (SSSR count). The lowest BCUT2D eigenvalue weighted by Crippen LogP contribution is -2.33. The van der Waals surface area contributed by atoms with E-state index in [2.05, 4.69) is 11.8 Å². The van der Waals surface area contributed by atoms with Crippen molar-refractivity contribution in [3.8, 4) is 0 Å². The third-order valence-electron chi connectivity index (χ3n) is 3.82. The van der Waals surface area contributed by atoms with Crippen LogP contribution in [-0.2, 0) is 0 Å². The average molecular weight is 212 g/mol. The Kier molecular flexibility index (Phi) is 3.07. The Morgan fingerprint density at radius 3 is 2.50 bits per heavy atom. The second kappa shape index (κ2) is 4.15. The summed E-state index contributed by atoms with van der Waals surface area (Å²) in [5.41, 5.74) is 5.63. The number of fused-ring (bicyclic) bond motifs is 1. The maximum Gasteiger partial charge on any atom is 0.0768 e. The van der Waals surface area contributed by atoms with Gasteiger partial charge in [-0.2, -0.15) is 0 Å². The first kappa shape index (κ1) is 10.4. The van der Waals surface area contributed by atoms with Crippen LogP contribution in [0.15, 0.2) is 0 Å². The Labute approximate surface area is 91.8 Å². The molecule has 80 valence electrons. The molecule has 2 aliphatic rings. The van der Waals surface area contributed by atoms with Gasteiger partial charge in [-0.15, -0.1) is 0 Å². The molecule has 14 heavy (non-hydrogen) atoms. The van der Waals surface area contributed by atoms with Crippen LogP contribution in [0.2, 0.25) is 0 Å². The third-order valence-corrected chi connectivity index (χ3v) is 4.22. The van der Waals surface area contributed by atoms with Crippen molar-refractivity contribution in [2.24, 2.45) is 23.5 Å². The molecular weight excluding hydrogens is 192 g/mol. The van der Waals surface area contributed by atoms with E-state index in [1.807, 2.05) is 0 Å². The maximum atomic E-state index is 5.63. The highest BCUT2D eigenvalue weighted by atomic mass is 32.1. The molecule has 0 aromatic rings. The number of likely N-dealkylation sites (tertiary alicyclic amines) is 1. The molecule has 1 aliphatic carbocycles. The van der Waals surface area contributed by atoms with Crippen LogP contribution in [-0.4, -0.2) is 29.5 Å². The summed E-state index contributed by atoms with van der Waals surface area (Å²) in [6, 6.07) is 0. The number of rotatable bonds is 3. The Morgan fingerprint density at radius 1 is 1.43 bits per heavy atom. The molecule has 0 radical (unpaired) electrons. The standard InChI is InChI=1S/C11H20N2S/c1-8(11(12)14)5-13-6-9-3-2-4-10(9)7-13/h8-10H,2-7H2,1H3,(H2,12,14). The molecule has 0 spiro atoms. The van der Waals surface area contributed by atoms with E-state index >= 15 is 0 Å². The predicted molar refractivity (Wildman–Crippen MR) is 63.2 cm³/mol. The molecule has 2 N–H and O–H groups in total. The van der Waals surface area contributed by atoms with Gasteiger partial charge in [0.05, 0.1) is 4.99 Å². The SMILES string of the molecule is CC(CN1CC2CCCC2C1)C(N)=S. The van der Waals surface area contributed by atoms with Crippen LogP contribution in [0.5, 0.6) is 0 Å². The normalized spacial score (nSPS) is 34.4. The highest BCUT2D eigenvalue weighted by Gasteiger charge is 2.36. The number of thiocarbonyl (C=S) groups is 1. The van der Waals surface area contributed by atoms with Gasteiger partial charge < -0.3 is 10.6 Å². The summed E-state index contributed by atoms with van der Waals surface area (Å²) in [7, 11) is 0. The van der Waals surface area contributed by atoms with Gasteiger partial charge in [-0.05, 0) is 24.7 Å². The second-order valence-electron chi connectivity index (χ2n) is 4.97. The first-order valence-electron chi connectivity index (χ1n) is 5.68. The molecule has 2 nitrogen and oxygen atoms in total. The van der Waals surface area contributed by atoms with Gasteiger partial charge in [-0.3, -0.25) is 0 Å². The molecule has 2 fully saturated rings. The molecule has 1 aliphatic heterocycles. The van der Waals surface area contributed by atoms with Crippen LogP contribution >= 0.6 is 12.2 Å². The van der Waals surface area contributed by atoms with E-state index in [4.69, 9.17) is 18.0 Å². The minimum Gasteiger partial charge on any atom is -0.393 e. The van der Waals surface area contributed by atoms with Crippen molar-refractivity contribution in [2.45, 2.75) is 26.2 Å². The molecule has 0 aromatic carbocycles. The van der Waals surface area contributed by atoms with Gasteiger partial charge in [-0.1, -0.05) is 25.6 Å². The minimum atomic E-state index is 0.379. The Morgan fingerprint density at radius 2 is 2.00 bits per heavy atom. The summed E-state index contributed by atoms with van der Waals surface area (Å²) in [5.74, 6) is 2.34. The third kappa shape index (κ3) is 2.09. The number of nitrogens with zero attached hydrogens (tertiary/aromatic N) is 1. The fourth-order valence-electron chi connectivity index (χ4n) is 2.96. The molecular formula is C11H20N2S. The first-order chi connectivity index (χ1) is 6.66. The van der Waals surface area contributed by atoms with Crippen molar-refractivity contribution in [3.63, 3.8) is 0 Å². The van der Waals surface area contributed by atoms with Crippen molar-refractivity contribution < 1.29 is 0 Å². The Balaban J connectivity index is 1.81. The molecule has 3 atom stereocenters. The lowest BCUT2D eigenvalue weighted by Gasteiger charge is -2.20. The van der Waals surface area contributed by atoms with Crippen LogP contribution in [0.25, 0.3) is 0 Å². The average Bonchev–Trinajstić information content (AvgIpc) is 2.63. The van der Waals surface area contributed by atoms with Crippen LogP contribution in [0.1, 0.15) is 26.2 Å². The van der Waals surface area contributed by atoms with E-state index < -0.39 is 0 Å². The highest BCUT2D eigenvalue weighted by molar-refractivity contribution is 7.80. The van der Waals surface area contributed by atoms with Crippen LogP contribution in [0, 0.1) is 17.8 Å². The predicted octanol–water partition coefficient (Wildman–Crippen LogP) is 1.64. The lowest BCUT2D eigenvalue weighted by atomic mass is 10.0. The zero-order valence-corrected chi connectivity index (χ0v) is 9.72. The van der Waals surface area contributed by atoms with Crippen molar-refractivity contribution in [3.05, 3.63) is 0 Å². The van der Waals surface area contributed by atoms with Crippen LogP contribution < -0.4 is 5.73 Å². The highest BCUT2D eigenvalue weighted by Crippen LogP contribution is 2.37. The zero-order valence-electron chi connectivity index (χ0n) is 8.91. The van der Waals surface area contributed by atoms with Crippen molar-refractivity contribution in [1.82, 2.24) is 4.90 Å². The summed E-state index contributed by atoms with van der Waals surface area (Å²) in [6.07, 6.45) is 4.35. The van der Waals surface area contributed by atoms with E-state index in [-0.39, 0.29) is 0 Å². The maximum absolute atomic E-state index is 5.63. The summed E-state index contributed by atoms with van der Waals surface area (Å²) in [5, 5.41) is 0. The molecule has 3 unspecified atom stereocenters. The second-order valence-corrected chi connectivity index (χ2v) is 5.44. The number of hydrogen-bond acceptors (Lipinski definition) is 2. The molecule has 0 aromatic heterocycles. The van der Waals surface area contributed by atoms with Gasteiger partial charge in [0.25, 0.3) is 0 Å². The van der Waals surface area contributed by atoms with Crippen molar-refractivity contribution >= 4 is 17.2 Å². The summed E-state index contributed by atoms with van der Waals surface area (Å²) >= 11 is 5.01. The molecule has 1 saturated heterocycles. The summed E-state index contributed by atoms with van der Waals surface area (Å²) in [6.45, 7) is 5.79. The Bertz CT molecular complexity index is 217. The monoisotopic (exact) mass is 212 g/mol.